The summed E-state index contributed by atoms with van der Waals surface area (Å²) in [6.45, 7) is 8.94. The fourth-order valence-corrected chi connectivity index (χ4v) is 2.10. The van der Waals surface area contributed by atoms with Gasteiger partial charge in [0.1, 0.15) is 0 Å². The summed E-state index contributed by atoms with van der Waals surface area (Å²) in [5, 5.41) is 0. The number of nitrogens with zero attached hydrogens (tertiary/aromatic N) is 1. The number of carbonyl (C=O) groups excluding carboxylic acids is 1. The van der Waals surface area contributed by atoms with Crippen LogP contribution >= 0.6 is 0 Å². The molecule has 19 heavy (non-hydrogen) atoms. The highest BCUT2D eigenvalue weighted by Crippen LogP contribution is 2.12. The number of rotatable bonds is 5. The van der Waals surface area contributed by atoms with Gasteiger partial charge in [-0.05, 0) is 38.3 Å². The normalized spacial score (nSPS) is 12.6. The maximum absolute atomic E-state index is 12.3. The average molecular weight is 262 g/mol. The van der Waals surface area contributed by atoms with Gasteiger partial charge in [-0.3, -0.25) is 4.79 Å². The molecule has 0 saturated carbocycles. The molecule has 0 spiro atoms. The van der Waals surface area contributed by atoms with E-state index in [1.54, 1.807) is 4.90 Å². The molecule has 0 radical (unpaired) electrons. The predicted molar refractivity (Wildman–Crippen MR) is 80.3 cm³/mol. The smallest absolute Gasteiger partial charge is 0.253 e. The first-order chi connectivity index (χ1) is 8.81. The molecule has 3 heteroatoms. The number of aryl methyl sites for hydroxylation is 2. The minimum atomic E-state index is 0.0720. The van der Waals surface area contributed by atoms with Crippen molar-refractivity contribution in [3.05, 3.63) is 34.9 Å². The maximum Gasteiger partial charge on any atom is 0.253 e. The Morgan fingerprint density at radius 2 is 1.74 bits per heavy atom. The van der Waals surface area contributed by atoms with Crippen molar-refractivity contribution in [3.63, 3.8) is 0 Å². The van der Waals surface area contributed by atoms with Gasteiger partial charge in [-0.2, -0.15) is 0 Å². The second kappa shape index (κ2) is 6.71. The minimum Gasteiger partial charge on any atom is -0.342 e. The Bertz CT molecular complexity index is 420. The number of hydrogen-bond donors (Lipinski definition) is 1. The summed E-state index contributed by atoms with van der Waals surface area (Å²) in [4.78, 5) is 14.1. The minimum absolute atomic E-state index is 0.0720. The summed E-state index contributed by atoms with van der Waals surface area (Å²) in [6, 6.07) is 6.10. The van der Waals surface area contributed by atoms with Crippen molar-refractivity contribution < 1.29 is 4.79 Å². The molecule has 0 aliphatic carbocycles. The summed E-state index contributed by atoms with van der Waals surface area (Å²) < 4.78 is 0. The van der Waals surface area contributed by atoms with E-state index in [1.165, 1.54) is 0 Å². The average Bonchev–Trinajstić information content (AvgIpc) is 2.33. The van der Waals surface area contributed by atoms with Crippen LogP contribution in [0.3, 0.4) is 0 Å². The van der Waals surface area contributed by atoms with E-state index < -0.39 is 0 Å². The van der Waals surface area contributed by atoms with Gasteiger partial charge >= 0.3 is 0 Å². The maximum atomic E-state index is 12.3. The van der Waals surface area contributed by atoms with Crippen LogP contribution in [-0.4, -0.2) is 30.4 Å². The molecule has 1 unspecified atom stereocenters. The molecular formula is C16H26N2O. The van der Waals surface area contributed by atoms with E-state index in [2.05, 4.69) is 19.9 Å². The highest BCUT2D eigenvalue weighted by molar-refractivity contribution is 5.94. The van der Waals surface area contributed by atoms with Gasteiger partial charge in [-0.25, -0.2) is 0 Å². The Kier molecular flexibility index (Phi) is 5.55. The van der Waals surface area contributed by atoms with E-state index in [-0.39, 0.29) is 11.9 Å². The number of hydrogen-bond acceptors (Lipinski definition) is 2. The molecular weight excluding hydrogens is 236 g/mol. The molecule has 0 aliphatic rings. The molecule has 0 saturated heterocycles. The van der Waals surface area contributed by atoms with E-state index in [4.69, 9.17) is 5.73 Å². The lowest BCUT2D eigenvalue weighted by atomic mass is 10.0. The van der Waals surface area contributed by atoms with Crippen molar-refractivity contribution >= 4 is 5.91 Å². The monoisotopic (exact) mass is 262 g/mol. The summed E-state index contributed by atoms with van der Waals surface area (Å²) in [6.07, 6.45) is 0.838. The molecule has 3 nitrogen and oxygen atoms in total. The SMILES string of the molecule is Cc1cc(C)cc(C(=O)N(C)CCC(N)C(C)C)c1. The van der Waals surface area contributed by atoms with Gasteiger partial charge in [-0.1, -0.05) is 31.0 Å². The number of nitrogens with two attached hydrogens (primary N) is 1. The number of carbonyl (C=O) groups is 1. The number of amides is 1. The molecule has 0 aromatic heterocycles. The zero-order chi connectivity index (χ0) is 14.6. The second-order valence-electron chi connectivity index (χ2n) is 5.80. The fourth-order valence-electron chi connectivity index (χ4n) is 2.10. The number of benzene rings is 1. The van der Waals surface area contributed by atoms with Gasteiger partial charge in [0.25, 0.3) is 5.91 Å². The van der Waals surface area contributed by atoms with Crippen molar-refractivity contribution in [3.8, 4) is 0 Å². The molecule has 1 rings (SSSR count). The van der Waals surface area contributed by atoms with E-state index in [1.807, 2.05) is 33.0 Å². The van der Waals surface area contributed by atoms with Crippen LogP contribution in [0.4, 0.5) is 0 Å². The standard InChI is InChI=1S/C16H26N2O/c1-11(2)15(17)6-7-18(5)16(19)14-9-12(3)8-13(4)10-14/h8-11,15H,6-7,17H2,1-5H3. The molecule has 1 aromatic carbocycles. The van der Waals surface area contributed by atoms with E-state index in [9.17, 15) is 4.79 Å². The summed E-state index contributed by atoms with van der Waals surface area (Å²) in [5.41, 5.74) is 9.02. The topological polar surface area (TPSA) is 46.3 Å². The van der Waals surface area contributed by atoms with Crippen LogP contribution in [0, 0.1) is 19.8 Å². The molecule has 1 amide bonds. The second-order valence-corrected chi connectivity index (χ2v) is 5.80. The summed E-state index contributed by atoms with van der Waals surface area (Å²) in [5.74, 6) is 0.521. The first-order valence-corrected chi connectivity index (χ1v) is 6.90. The molecule has 1 atom stereocenters. The molecule has 0 aliphatic heterocycles. The highest BCUT2D eigenvalue weighted by Gasteiger charge is 2.14. The zero-order valence-electron chi connectivity index (χ0n) is 12.7. The molecule has 1 aromatic rings. The van der Waals surface area contributed by atoms with Gasteiger partial charge in [0, 0.05) is 25.2 Å². The first-order valence-electron chi connectivity index (χ1n) is 6.90. The Morgan fingerprint density at radius 1 is 1.21 bits per heavy atom. The van der Waals surface area contributed by atoms with Crippen LogP contribution in [0.15, 0.2) is 18.2 Å². The summed E-state index contributed by atoms with van der Waals surface area (Å²) in [7, 11) is 1.84. The van der Waals surface area contributed by atoms with Crippen LogP contribution in [0.2, 0.25) is 0 Å². The summed E-state index contributed by atoms with van der Waals surface area (Å²) >= 11 is 0. The molecule has 2 N–H and O–H groups in total. The molecule has 0 heterocycles. The first kappa shape index (κ1) is 15.7. The zero-order valence-corrected chi connectivity index (χ0v) is 12.7. The van der Waals surface area contributed by atoms with Gasteiger partial charge in [0.05, 0.1) is 0 Å². The van der Waals surface area contributed by atoms with Crippen molar-refractivity contribution in [2.75, 3.05) is 13.6 Å². The Balaban J connectivity index is 2.66. The highest BCUT2D eigenvalue weighted by atomic mass is 16.2. The fraction of sp³-hybridized carbons (Fsp3) is 0.562. The van der Waals surface area contributed by atoms with Crippen molar-refractivity contribution in [1.82, 2.24) is 4.90 Å². The lowest BCUT2D eigenvalue weighted by molar-refractivity contribution is 0.0789. The van der Waals surface area contributed by atoms with Crippen LogP contribution in [0.25, 0.3) is 0 Å². The van der Waals surface area contributed by atoms with Crippen molar-refractivity contribution in [1.29, 1.82) is 0 Å². The quantitative estimate of drug-likeness (QED) is 0.887. The van der Waals surface area contributed by atoms with Crippen LogP contribution < -0.4 is 5.73 Å². The van der Waals surface area contributed by atoms with Gasteiger partial charge in [0.15, 0.2) is 0 Å². The third-order valence-corrected chi connectivity index (χ3v) is 3.47. The van der Waals surface area contributed by atoms with Gasteiger partial charge < -0.3 is 10.6 Å². The van der Waals surface area contributed by atoms with E-state index in [0.717, 1.165) is 23.1 Å². The Morgan fingerprint density at radius 3 is 2.21 bits per heavy atom. The molecule has 0 fully saturated rings. The lowest BCUT2D eigenvalue weighted by Gasteiger charge is -2.22. The lowest BCUT2D eigenvalue weighted by Crippen LogP contribution is -2.34. The van der Waals surface area contributed by atoms with Crippen LogP contribution in [0.1, 0.15) is 41.8 Å². The van der Waals surface area contributed by atoms with E-state index >= 15 is 0 Å². The third kappa shape index (κ3) is 4.67. The Labute approximate surface area is 116 Å². The van der Waals surface area contributed by atoms with E-state index in [0.29, 0.717) is 12.5 Å². The van der Waals surface area contributed by atoms with Gasteiger partial charge in [-0.15, -0.1) is 0 Å². The van der Waals surface area contributed by atoms with Crippen molar-refractivity contribution in [2.24, 2.45) is 11.7 Å². The Hall–Kier alpha value is -1.35. The third-order valence-electron chi connectivity index (χ3n) is 3.47. The van der Waals surface area contributed by atoms with Gasteiger partial charge in [0.2, 0.25) is 0 Å². The predicted octanol–water partition coefficient (Wildman–Crippen LogP) is 2.75. The van der Waals surface area contributed by atoms with Crippen LogP contribution in [0.5, 0.6) is 0 Å². The molecule has 106 valence electrons. The van der Waals surface area contributed by atoms with Crippen molar-refractivity contribution in [2.45, 2.75) is 40.2 Å². The molecule has 0 bridgehead atoms. The van der Waals surface area contributed by atoms with Crippen LogP contribution in [-0.2, 0) is 0 Å². The largest absolute Gasteiger partial charge is 0.342 e.